The number of sulfonamides is 1. The van der Waals surface area contributed by atoms with Gasteiger partial charge in [-0.3, -0.25) is 0 Å². The van der Waals surface area contributed by atoms with Crippen LogP contribution in [0.15, 0.2) is 47.4 Å². The second-order valence-corrected chi connectivity index (χ2v) is 9.04. The molecule has 2 N–H and O–H groups in total. The van der Waals surface area contributed by atoms with Crippen molar-refractivity contribution in [1.82, 2.24) is 4.31 Å². The van der Waals surface area contributed by atoms with E-state index in [0.717, 1.165) is 23.3 Å². The van der Waals surface area contributed by atoms with E-state index in [2.05, 4.69) is 0 Å². The van der Waals surface area contributed by atoms with E-state index in [9.17, 15) is 18.3 Å². The van der Waals surface area contributed by atoms with Gasteiger partial charge in [-0.15, -0.1) is 0 Å². The number of phenols is 1. The van der Waals surface area contributed by atoms with Crippen molar-refractivity contribution >= 4 is 16.0 Å². The number of rotatable bonds is 6. The van der Waals surface area contributed by atoms with E-state index in [1.807, 2.05) is 45.0 Å². The normalized spacial score (nSPS) is 12.3. The van der Waals surface area contributed by atoms with E-state index < -0.39 is 27.2 Å². The first-order chi connectivity index (χ1) is 11.9. The highest BCUT2D eigenvalue weighted by Crippen LogP contribution is 2.28. The fourth-order valence-corrected chi connectivity index (χ4v) is 4.12. The zero-order valence-corrected chi connectivity index (χ0v) is 16.0. The third-order valence-electron chi connectivity index (χ3n) is 4.36. The Kier molecular flexibility index (Phi) is 5.44. The summed E-state index contributed by atoms with van der Waals surface area (Å²) in [4.78, 5) is 10.8. The number of hydrogen-bond donors (Lipinski definition) is 2. The van der Waals surface area contributed by atoms with Gasteiger partial charge in [0.1, 0.15) is 11.3 Å². The van der Waals surface area contributed by atoms with Crippen LogP contribution in [0, 0.1) is 6.92 Å². The van der Waals surface area contributed by atoms with Crippen molar-refractivity contribution in [3.8, 4) is 5.75 Å². The number of hydrogen-bond acceptors (Lipinski definition) is 4. The molecular formula is C19H23NO5S. The number of aryl methyl sites for hydroxylation is 1. The number of carboxylic acids is 1. The Bertz CT molecular complexity index is 917. The largest absolute Gasteiger partial charge is 0.507 e. The molecule has 140 valence electrons. The Morgan fingerprint density at radius 1 is 1.12 bits per heavy atom. The second-order valence-electron chi connectivity index (χ2n) is 7.00. The maximum Gasteiger partial charge on any atom is 0.339 e. The third kappa shape index (κ3) is 4.05. The zero-order chi connectivity index (χ0) is 19.7. The average Bonchev–Trinajstić information content (AvgIpc) is 2.54. The molecule has 26 heavy (non-hydrogen) atoms. The molecule has 2 aromatic rings. The molecule has 0 radical (unpaired) electrons. The molecular weight excluding hydrogens is 354 g/mol. The Labute approximate surface area is 153 Å². The first-order valence-corrected chi connectivity index (χ1v) is 9.49. The average molecular weight is 377 g/mol. The Morgan fingerprint density at radius 2 is 1.69 bits per heavy atom. The van der Waals surface area contributed by atoms with Gasteiger partial charge in [0.05, 0.1) is 4.90 Å². The number of aromatic carboxylic acids is 1. The van der Waals surface area contributed by atoms with Gasteiger partial charge in [0.15, 0.2) is 0 Å². The van der Waals surface area contributed by atoms with E-state index in [4.69, 9.17) is 5.11 Å². The SMILES string of the molecule is Cc1ccc(C(C)(C)CN(C)S(=O)(=O)c2ccc(C(=O)O)c(O)c2)cc1. The summed E-state index contributed by atoms with van der Waals surface area (Å²) >= 11 is 0. The predicted molar refractivity (Wildman–Crippen MR) is 99.1 cm³/mol. The molecule has 0 aliphatic carbocycles. The van der Waals surface area contributed by atoms with Crippen molar-refractivity contribution in [2.24, 2.45) is 0 Å². The lowest BCUT2D eigenvalue weighted by Crippen LogP contribution is -2.38. The van der Waals surface area contributed by atoms with Crippen LogP contribution in [0.1, 0.15) is 35.3 Å². The van der Waals surface area contributed by atoms with E-state index in [1.54, 1.807) is 0 Å². The predicted octanol–water partition coefficient (Wildman–Crippen LogP) is 3.00. The van der Waals surface area contributed by atoms with Crippen LogP contribution in [-0.2, 0) is 15.4 Å². The van der Waals surface area contributed by atoms with Gasteiger partial charge in [-0.1, -0.05) is 43.7 Å². The van der Waals surface area contributed by atoms with Crippen LogP contribution < -0.4 is 0 Å². The van der Waals surface area contributed by atoms with Crippen LogP contribution >= 0.6 is 0 Å². The maximum atomic E-state index is 12.8. The molecule has 2 rings (SSSR count). The molecule has 0 saturated carbocycles. The zero-order valence-electron chi connectivity index (χ0n) is 15.2. The second kappa shape index (κ2) is 7.09. The first kappa shape index (κ1) is 19.9. The standard InChI is InChI=1S/C19H23NO5S/c1-13-5-7-14(8-6-13)19(2,3)12-20(4)26(24,25)15-9-10-16(18(22)23)17(21)11-15/h5-11,21H,12H2,1-4H3,(H,22,23). The van der Waals surface area contributed by atoms with Gasteiger partial charge in [0.2, 0.25) is 10.0 Å². The lowest BCUT2D eigenvalue weighted by molar-refractivity contribution is 0.0693. The molecule has 0 saturated heterocycles. The Morgan fingerprint density at radius 3 is 2.19 bits per heavy atom. The molecule has 0 aliphatic heterocycles. The van der Waals surface area contributed by atoms with Crippen LogP contribution in [0.4, 0.5) is 0 Å². The summed E-state index contributed by atoms with van der Waals surface area (Å²) in [6.45, 7) is 6.11. The lowest BCUT2D eigenvalue weighted by atomic mass is 9.84. The van der Waals surface area contributed by atoms with Crippen LogP contribution in [-0.4, -0.2) is 42.5 Å². The molecule has 0 aromatic heterocycles. The van der Waals surface area contributed by atoms with Gasteiger partial charge in [-0.25, -0.2) is 17.5 Å². The fraction of sp³-hybridized carbons (Fsp3) is 0.316. The van der Waals surface area contributed by atoms with Gasteiger partial charge in [0, 0.05) is 25.1 Å². The van der Waals surface area contributed by atoms with Gasteiger partial charge in [0.25, 0.3) is 0 Å². The Balaban J connectivity index is 2.30. The molecule has 7 heteroatoms. The van der Waals surface area contributed by atoms with Gasteiger partial charge in [-0.2, -0.15) is 0 Å². The molecule has 0 heterocycles. The molecule has 6 nitrogen and oxygen atoms in total. The maximum absolute atomic E-state index is 12.8. The van der Waals surface area contributed by atoms with E-state index in [-0.39, 0.29) is 17.0 Å². The number of nitrogens with zero attached hydrogens (tertiary/aromatic N) is 1. The molecule has 0 unspecified atom stereocenters. The number of aromatic hydroxyl groups is 1. The molecule has 0 aliphatic rings. The van der Waals surface area contributed by atoms with Crippen LogP contribution in [0.3, 0.4) is 0 Å². The topological polar surface area (TPSA) is 94.9 Å². The minimum absolute atomic E-state index is 0.151. The summed E-state index contributed by atoms with van der Waals surface area (Å²) in [6, 6.07) is 11.2. The van der Waals surface area contributed by atoms with Crippen LogP contribution in [0.25, 0.3) is 0 Å². The Hall–Kier alpha value is -2.38. The van der Waals surface area contributed by atoms with Gasteiger partial charge in [-0.05, 0) is 24.6 Å². The van der Waals surface area contributed by atoms with E-state index >= 15 is 0 Å². The summed E-state index contributed by atoms with van der Waals surface area (Å²) in [6.07, 6.45) is 0. The minimum Gasteiger partial charge on any atom is -0.507 e. The highest BCUT2D eigenvalue weighted by molar-refractivity contribution is 7.89. The van der Waals surface area contributed by atoms with Crippen molar-refractivity contribution in [1.29, 1.82) is 0 Å². The van der Waals surface area contributed by atoms with Gasteiger partial charge >= 0.3 is 5.97 Å². The smallest absolute Gasteiger partial charge is 0.339 e. The minimum atomic E-state index is -3.87. The molecule has 0 amide bonds. The molecule has 0 bridgehead atoms. The summed E-state index contributed by atoms with van der Waals surface area (Å²) in [5.41, 5.74) is 1.36. The van der Waals surface area contributed by atoms with Crippen molar-refractivity contribution in [3.63, 3.8) is 0 Å². The van der Waals surface area contributed by atoms with E-state index in [0.29, 0.717) is 0 Å². The highest BCUT2D eigenvalue weighted by atomic mass is 32.2. The van der Waals surface area contributed by atoms with Crippen LogP contribution in [0.2, 0.25) is 0 Å². The lowest BCUT2D eigenvalue weighted by Gasteiger charge is -2.30. The fourth-order valence-electron chi connectivity index (χ4n) is 2.77. The number of likely N-dealkylation sites (N-methyl/N-ethyl adjacent to an activating group) is 1. The van der Waals surface area contributed by atoms with Crippen molar-refractivity contribution in [3.05, 3.63) is 59.2 Å². The number of carboxylic acid groups (broad SMARTS) is 1. The quantitative estimate of drug-likeness (QED) is 0.807. The summed E-state index contributed by atoms with van der Waals surface area (Å²) in [5.74, 6) is -1.90. The molecule has 0 fully saturated rings. The first-order valence-electron chi connectivity index (χ1n) is 8.05. The summed E-state index contributed by atoms with van der Waals surface area (Å²) in [7, 11) is -2.41. The van der Waals surface area contributed by atoms with Crippen LogP contribution in [0.5, 0.6) is 5.75 Å². The summed E-state index contributed by atoms with van der Waals surface area (Å²) < 4.78 is 26.8. The highest BCUT2D eigenvalue weighted by Gasteiger charge is 2.30. The van der Waals surface area contributed by atoms with Crippen molar-refractivity contribution < 1.29 is 23.4 Å². The van der Waals surface area contributed by atoms with Gasteiger partial charge < -0.3 is 10.2 Å². The number of carbonyl (C=O) groups is 1. The van der Waals surface area contributed by atoms with Crippen molar-refractivity contribution in [2.75, 3.05) is 13.6 Å². The molecule has 2 aromatic carbocycles. The van der Waals surface area contributed by atoms with Crippen molar-refractivity contribution in [2.45, 2.75) is 31.1 Å². The molecule has 0 spiro atoms. The monoisotopic (exact) mass is 377 g/mol. The number of benzene rings is 2. The third-order valence-corrected chi connectivity index (χ3v) is 6.16. The summed E-state index contributed by atoms with van der Waals surface area (Å²) in [5, 5.41) is 18.7. The van der Waals surface area contributed by atoms with E-state index in [1.165, 1.54) is 17.4 Å². The molecule has 0 atom stereocenters.